The fraction of sp³-hybridized carbons (Fsp3) is 0.714. The molecule has 0 aromatic carbocycles. The topological polar surface area (TPSA) is 74.8 Å². The van der Waals surface area contributed by atoms with Crippen molar-refractivity contribution in [2.24, 2.45) is 7.05 Å². The SMILES string of the molecule is Cc1nnc(SCC(=O)N(C)C2(C#N)CCCCC2)n1C. The zero-order chi connectivity index (χ0) is 15.5. The Bertz CT molecular complexity index is 556. The molecule has 114 valence electrons. The van der Waals surface area contributed by atoms with Crippen molar-refractivity contribution >= 4 is 17.7 Å². The van der Waals surface area contributed by atoms with Crippen LogP contribution in [0.2, 0.25) is 0 Å². The Labute approximate surface area is 129 Å². The van der Waals surface area contributed by atoms with E-state index in [2.05, 4.69) is 16.3 Å². The first-order chi connectivity index (χ1) is 10.00. The summed E-state index contributed by atoms with van der Waals surface area (Å²) in [5.41, 5.74) is -0.619. The van der Waals surface area contributed by atoms with Crippen molar-refractivity contribution in [3.63, 3.8) is 0 Å². The summed E-state index contributed by atoms with van der Waals surface area (Å²) in [5.74, 6) is 1.08. The molecule has 1 aromatic rings. The molecule has 0 aliphatic heterocycles. The molecule has 0 saturated heterocycles. The highest BCUT2D eigenvalue weighted by Crippen LogP contribution is 2.33. The fourth-order valence-corrected chi connectivity index (χ4v) is 3.50. The normalized spacial score (nSPS) is 17.2. The molecule has 0 bridgehead atoms. The molecule has 1 aliphatic rings. The Balaban J connectivity index is 1.99. The fourth-order valence-electron chi connectivity index (χ4n) is 2.63. The average Bonchev–Trinajstić information content (AvgIpc) is 2.84. The lowest BCUT2D eigenvalue weighted by molar-refractivity contribution is -0.131. The maximum Gasteiger partial charge on any atom is 0.234 e. The summed E-state index contributed by atoms with van der Waals surface area (Å²) in [6.07, 6.45) is 4.74. The van der Waals surface area contributed by atoms with E-state index in [1.165, 1.54) is 11.8 Å². The summed E-state index contributed by atoms with van der Waals surface area (Å²) in [6, 6.07) is 2.37. The number of amides is 1. The van der Waals surface area contributed by atoms with Gasteiger partial charge in [0.2, 0.25) is 5.91 Å². The van der Waals surface area contributed by atoms with E-state index in [0.29, 0.717) is 0 Å². The van der Waals surface area contributed by atoms with Gasteiger partial charge in [-0.15, -0.1) is 10.2 Å². The zero-order valence-electron chi connectivity index (χ0n) is 12.8. The Morgan fingerprint density at radius 2 is 2.10 bits per heavy atom. The molecular formula is C14H21N5OS. The number of nitriles is 1. The van der Waals surface area contributed by atoms with E-state index in [1.807, 2.05) is 18.5 Å². The molecule has 0 atom stereocenters. The van der Waals surface area contributed by atoms with Crippen LogP contribution in [0.4, 0.5) is 0 Å². The van der Waals surface area contributed by atoms with Crippen molar-refractivity contribution in [3.8, 4) is 6.07 Å². The second-order valence-corrected chi connectivity index (χ2v) is 6.48. The third kappa shape index (κ3) is 3.21. The van der Waals surface area contributed by atoms with E-state index in [-0.39, 0.29) is 11.7 Å². The van der Waals surface area contributed by atoms with Gasteiger partial charge in [0.05, 0.1) is 11.8 Å². The van der Waals surface area contributed by atoms with Gasteiger partial charge in [0, 0.05) is 14.1 Å². The summed E-state index contributed by atoms with van der Waals surface area (Å²) in [6.45, 7) is 1.87. The molecule has 1 amide bonds. The highest BCUT2D eigenvalue weighted by Gasteiger charge is 2.38. The Morgan fingerprint density at radius 1 is 1.43 bits per heavy atom. The van der Waals surface area contributed by atoms with E-state index >= 15 is 0 Å². The van der Waals surface area contributed by atoms with Crippen molar-refractivity contribution in [1.82, 2.24) is 19.7 Å². The number of carbonyl (C=O) groups excluding carboxylic acids is 1. The molecule has 1 heterocycles. The molecule has 7 heteroatoms. The first-order valence-electron chi connectivity index (χ1n) is 7.17. The highest BCUT2D eigenvalue weighted by atomic mass is 32.2. The molecule has 0 radical (unpaired) electrons. The number of carbonyl (C=O) groups is 1. The minimum absolute atomic E-state index is 0.0240. The Hall–Kier alpha value is -1.55. The predicted octanol–water partition coefficient (Wildman–Crippen LogP) is 1.90. The molecule has 21 heavy (non-hydrogen) atoms. The van der Waals surface area contributed by atoms with Gasteiger partial charge in [0.15, 0.2) is 5.16 Å². The van der Waals surface area contributed by atoms with Crippen LogP contribution in [0.3, 0.4) is 0 Å². The summed E-state index contributed by atoms with van der Waals surface area (Å²) in [7, 11) is 3.63. The number of hydrogen-bond donors (Lipinski definition) is 0. The van der Waals surface area contributed by atoms with E-state index in [1.54, 1.807) is 11.9 Å². The molecule has 2 rings (SSSR count). The van der Waals surface area contributed by atoms with Gasteiger partial charge in [-0.25, -0.2) is 0 Å². The number of thioether (sulfide) groups is 1. The van der Waals surface area contributed by atoms with Gasteiger partial charge >= 0.3 is 0 Å². The Morgan fingerprint density at radius 3 is 2.62 bits per heavy atom. The van der Waals surface area contributed by atoms with Gasteiger partial charge in [-0.1, -0.05) is 31.0 Å². The van der Waals surface area contributed by atoms with Crippen molar-refractivity contribution in [2.75, 3.05) is 12.8 Å². The standard InChI is InChI=1S/C14H21N5OS/c1-11-16-17-13(18(11)2)21-9-12(20)19(3)14(10-15)7-5-4-6-8-14/h4-9H2,1-3H3. The molecule has 0 unspecified atom stereocenters. The van der Waals surface area contributed by atoms with Crippen LogP contribution < -0.4 is 0 Å². The van der Waals surface area contributed by atoms with Crippen LogP contribution in [-0.2, 0) is 11.8 Å². The summed E-state index contributed by atoms with van der Waals surface area (Å²) in [5, 5.41) is 18.3. The average molecular weight is 307 g/mol. The second kappa shape index (κ2) is 6.48. The zero-order valence-corrected chi connectivity index (χ0v) is 13.6. The number of aromatic nitrogens is 3. The van der Waals surface area contributed by atoms with Crippen LogP contribution >= 0.6 is 11.8 Å². The van der Waals surface area contributed by atoms with Crippen molar-refractivity contribution in [2.45, 2.75) is 49.7 Å². The maximum atomic E-state index is 12.4. The van der Waals surface area contributed by atoms with E-state index in [4.69, 9.17) is 0 Å². The van der Waals surface area contributed by atoms with Crippen LogP contribution in [0, 0.1) is 18.3 Å². The van der Waals surface area contributed by atoms with Crippen LogP contribution in [-0.4, -0.2) is 43.9 Å². The van der Waals surface area contributed by atoms with Crippen molar-refractivity contribution in [3.05, 3.63) is 5.82 Å². The molecule has 0 N–H and O–H groups in total. The first kappa shape index (κ1) is 15.8. The van der Waals surface area contributed by atoms with E-state index in [9.17, 15) is 10.1 Å². The van der Waals surface area contributed by atoms with Gasteiger partial charge in [-0.05, 0) is 19.8 Å². The quantitative estimate of drug-likeness (QED) is 0.794. The van der Waals surface area contributed by atoms with Crippen molar-refractivity contribution < 1.29 is 4.79 Å². The largest absolute Gasteiger partial charge is 0.326 e. The number of hydrogen-bond acceptors (Lipinski definition) is 5. The van der Waals surface area contributed by atoms with Crippen LogP contribution in [0.25, 0.3) is 0 Å². The lowest BCUT2D eigenvalue weighted by atomic mass is 9.81. The third-order valence-electron chi connectivity index (χ3n) is 4.28. The predicted molar refractivity (Wildman–Crippen MR) is 80.7 cm³/mol. The van der Waals surface area contributed by atoms with E-state index < -0.39 is 5.54 Å². The molecule has 1 aromatic heterocycles. The molecule has 1 fully saturated rings. The van der Waals surface area contributed by atoms with E-state index in [0.717, 1.165) is 43.1 Å². The third-order valence-corrected chi connectivity index (χ3v) is 5.29. The lowest BCUT2D eigenvalue weighted by Gasteiger charge is -2.39. The maximum absolute atomic E-state index is 12.4. The van der Waals surface area contributed by atoms with Gasteiger partial charge in [0.25, 0.3) is 0 Å². The second-order valence-electron chi connectivity index (χ2n) is 5.53. The van der Waals surface area contributed by atoms with Crippen LogP contribution in [0.5, 0.6) is 0 Å². The van der Waals surface area contributed by atoms with Crippen LogP contribution in [0.1, 0.15) is 37.9 Å². The first-order valence-corrected chi connectivity index (χ1v) is 8.15. The molecular weight excluding hydrogens is 286 g/mol. The van der Waals surface area contributed by atoms with Crippen LogP contribution in [0.15, 0.2) is 5.16 Å². The molecule has 1 saturated carbocycles. The number of nitrogens with zero attached hydrogens (tertiary/aromatic N) is 5. The summed E-state index contributed by atoms with van der Waals surface area (Å²) < 4.78 is 1.86. The minimum atomic E-state index is -0.619. The molecule has 1 aliphatic carbocycles. The minimum Gasteiger partial charge on any atom is -0.326 e. The smallest absolute Gasteiger partial charge is 0.234 e. The van der Waals surface area contributed by atoms with Gasteiger partial charge < -0.3 is 9.47 Å². The van der Waals surface area contributed by atoms with Gasteiger partial charge in [0.1, 0.15) is 11.4 Å². The van der Waals surface area contributed by atoms with Gasteiger partial charge in [-0.3, -0.25) is 4.79 Å². The number of aryl methyl sites for hydroxylation is 1. The monoisotopic (exact) mass is 307 g/mol. The highest BCUT2D eigenvalue weighted by molar-refractivity contribution is 7.99. The lowest BCUT2D eigenvalue weighted by Crippen LogP contribution is -2.50. The summed E-state index contributed by atoms with van der Waals surface area (Å²) >= 11 is 1.37. The molecule has 6 nitrogen and oxygen atoms in total. The Kier molecular flexibility index (Phi) is 4.88. The van der Waals surface area contributed by atoms with Crippen molar-refractivity contribution in [1.29, 1.82) is 5.26 Å². The van der Waals surface area contributed by atoms with Gasteiger partial charge in [-0.2, -0.15) is 5.26 Å². The molecule has 0 spiro atoms. The number of rotatable bonds is 4. The summed E-state index contributed by atoms with van der Waals surface area (Å²) in [4.78, 5) is 14.0.